The van der Waals surface area contributed by atoms with Gasteiger partial charge in [0.25, 0.3) is 0 Å². The number of carbonyl (C=O) groups excluding carboxylic acids is 1. The second kappa shape index (κ2) is 6.84. The molecule has 0 aliphatic carbocycles. The summed E-state index contributed by atoms with van der Waals surface area (Å²) in [6.07, 6.45) is -0.268. The van der Waals surface area contributed by atoms with Gasteiger partial charge in [-0.15, -0.1) is 0 Å². The molecular weight excluding hydrogens is 318 g/mol. The van der Waals surface area contributed by atoms with Crippen LogP contribution in [-0.4, -0.2) is 50.9 Å². The third-order valence-electron chi connectivity index (χ3n) is 3.94. The number of hydrogen-bond donors (Lipinski definition) is 2. The molecule has 1 atom stereocenters. The number of aromatic nitrogens is 3. The molecule has 1 aromatic heterocycles. The van der Waals surface area contributed by atoms with E-state index in [2.05, 4.69) is 20.5 Å². The number of hydrogen-bond acceptors (Lipinski definition) is 5. The number of carbonyl (C=O) groups is 1. The Morgan fingerprint density at radius 1 is 1.32 bits per heavy atom. The van der Waals surface area contributed by atoms with Crippen molar-refractivity contribution in [1.82, 2.24) is 25.4 Å². The number of ether oxygens (including phenoxy) is 1. The molecule has 7 heteroatoms. The molecule has 7 nitrogen and oxygen atoms in total. The van der Waals surface area contributed by atoms with E-state index in [4.69, 9.17) is 4.74 Å². The van der Waals surface area contributed by atoms with Crippen LogP contribution in [0.1, 0.15) is 44.0 Å². The van der Waals surface area contributed by atoms with Crippen molar-refractivity contribution >= 4 is 6.09 Å². The van der Waals surface area contributed by atoms with Crippen LogP contribution in [0.3, 0.4) is 0 Å². The SMILES string of the molecule is Cc1nc(C(NC2CN(C(=O)OC(C)(C)C)C2)c2ccccc2)n[nH]1. The van der Waals surface area contributed by atoms with Gasteiger partial charge in [0, 0.05) is 19.1 Å². The van der Waals surface area contributed by atoms with Crippen LogP contribution in [0.25, 0.3) is 0 Å². The first-order valence-corrected chi connectivity index (χ1v) is 8.49. The highest BCUT2D eigenvalue weighted by molar-refractivity contribution is 5.69. The minimum absolute atomic E-state index is 0.114. The van der Waals surface area contributed by atoms with E-state index >= 15 is 0 Å². The first-order chi connectivity index (χ1) is 11.8. The summed E-state index contributed by atoms with van der Waals surface area (Å²) in [5.41, 5.74) is 0.621. The molecule has 1 amide bonds. The zero-order valence-corrected chi connectivity index (χ0v) is 15.1. The fourth-order valence-corrected chi connectivity index (χ4v) is 2.75. The molecule has 1 aromatic carbocycles. The van der Waals surface area contributed by atoms with E-state index in [-0.39, 0.29) is 18.2 Å². The summed E-state index contributed by atoms with van der Waals surface area (Å²) < 4.78 is 5.40. The third-order valence-corrected chi connectivity index (χ3v) is 3.94. The maximum Gasteiger partial charge on any atom is 0.410 e. The summed E-state index contributed by atoms with van der Waals surface area (Å²) in [7, 11) is 0. The van der Waals surface area contributed by atoms with Gasteiger partial charge in [-0.2, -0.15) is 5.10 Å². The van der Waals surface area contributed by atoms with Gasteiger partial charge >= 0.3 is 6.09 Å². The smallest absolute Gasteiger partial charge is 0.410 e. The predicted octanol–water partition coefficient (Wildman–Crippen LogP) is 2.41. The van der Waals surface area contributed by atoms with E-state index in [0.717, 1.165) is 11.4 Å². The van der Waals surface area contributed by atoms with Crippen molar-refractivity contribution in [2.24, 2.45) is 0 Å². The van der Waals surface area contributed by atoms with Crippen LogP contribution in [0.5, 0.6) is 0 Å². The van der Waals surface area contributed by atoms with Crippen molar-refractivity contribution in [2.45, 2.75) is 45.4 Å². The highest BCUT2D eigenvalue weighted by Gasteiger charge is 2.35. The molecule has 0 saturated carbocycles. The van der Waals surface area contributed by atoms with E-state index < -0.39 is 5.60 Å². The molecule has 25 heavy (non-hydrogen) atoms. The number of amides is 1. The highest BCUT2D eigenvalue weighted by atomic mass is 16.6. The lowest BCUT2D eigenvalue weighted by molar-refractivity contribution is 0.00452. The maximum atomic E-state index is 12.1. The van der Waals surface area contributed by atoms with Gasteiger partial charge in [0.05, 0.1) is 6.04 Å². The van der Waals surface area contributed by atoms with Gasteiger partial charge in [-0.25, -0.2) is 9.78 Å². The minimum atomic E-state index is -0.474. The molecule has 0 spiro atoms. The van der Waals surface area contributed by atoms with Gasteiger partial charge in [-0.1, -0.05) is 30.3 Å². The van der Waals surface area contributed by atoms with E-state index in [1.54, 1.807) is 4.90 Å². The average molecular weight is 343 g/mol. The van der Waals surface area contributed by atoms with Crippen molar-refractivity contribution in [3.05, 3.63) is 47.5 Å². The zero-order valence-electron chi connectivity index (χ0n) is 15.1. The monoisotopic (exact) mass is 343 g/mol. The summed E-state index contributed by atoms with van der Waals surface area (Å²) in [6, 6.07) is 10.1. The summed E-state index contributed by atoms with van der Waals surface area (Å²) in [5, 5.41) is 10.8. The second-order valence-electron chi connectivity index (χ2n) is 7.37. The number of rotatable bonds is 4. The number of likely N-dealkylation sites (tertiary alicyclic amines) is 1. The number of H-pyrrole nitrogens is 1. The Bertz CT molecular complexity index is 717. The lowest BCUT2D eigenvalue weighted by Crippen LogP contribution is -2.61. The van der Waals surface area contributed by atoms with Crippen LogP contribution in [-0.2, 0) is 4.74 Å². The summed E-state index contributed by atoms with van der Waals surface area (Å²) in [5.74, 6) is 1.49. The Labute approximate surface area is 147 Å². The van der Waals surface area contributed by atoms with Crippen molar-refractivity contribution in [3.63, 3.8) is 0 Å². The average Bonchev–Trinajstić information content (AvgIpc) is 2.91. The molecule has 3 rings (SSSR count). The van der Waals surface area contributed by atoms with Gasteiger partial charge < -0.3 is 9.64 Å². The van der Waals surface area contributed by atoms with Crippen LogP contribution in [0, 0.1) is 6.92 Å². The zero-order chi connectivity index (χ0) is 18.0. The van der Waals surface area contributed by atoms with Gasteiger partial charge in [0.2, 0.25) is 0 Å². The molecule has 1 aliphatic heterocycles. The van der Waals surface area contributed by atoms with Gasteiger partial charge in [0.15, 0.2) is 5.82 Å². The minimum Gasteiger partial charge on any atom is -0.444 e. The molecular formula is C18H25N5O2. The fraction of sp³-hybridized carbons (Fsp3) is 0.500. The Morgan fingerprint density at radius 2 is 2.00 bits per heavy atom. The predicted molar refractivity (Wildman–Crippen MR) is 94.1 cm³/mol. The van der Waals surface area contributed by atoms with Crippen molar-refractivity contribution in [3.8, 4) is 0 Å². The summed E-state index contributed by atoms with van der Waals surface area (Å²) in [4.78, 5) is 18.2. The van der Waals surface area contributed by atoms with E-state index in [0.29, 0.717) is 18.9 Å². The van der Waals surface area contributed by atoms with Gasteiger partial charge in [0.1, 0.15) is 11.4 Å². The molecule has 1 unspecified atom stereocenters. The Balaban J connectivity index is 1.64. The molecule has 2 N–H and O–H groups in total. The fourth-order valence-electron chi connectivity index (χ4n) is 2.75. The first kappa shape index (κ1) is 17.4. The van der Waals surface area contributed by atoms with Crippen molar-refractivity contribution in [1.29, 1.82) is 0 Å². The van der Waals surface area contributed by atoms with Gasteiger partial charge in [-0.3, -0.25) is 10.4 Å². The van der Waals surface area contributed by atoms with E-state index in [9.17, 15) is 4.79 Å². The second-order valence-corrected chi connectivity index (χ2v) is 7.37. The van der Waals surface area contributed by atoms with Crippen molar-refractivity contribution in [2.75, 3.05) is 13.1 Å². The lowest BCUT2D eigenvalue weighted by atomic mass is 10.0. The molecule has 134 valence electrons. The van der Waals surface area contributed by atoms with Crippen LogP contribution in [0.15, 0.2) is 30.3 Å². The number of nitrogens with one attached hydrogen (secondary N) is 2. The molecule has 0 radical (unpaired) electrons. The molecule has 1 saturated heterocycles. The summed E-state index contributed by atoms with van der Waals surface area (Å²) >= 11 is 0. The standard InChI is InChI=1S/C18H25N5O2/c1-12-19-16(22-21-12)15(13-8-6-5-7-9-13)20-14-10-23(11-14)17(24)25-18(2,3)4/h5-9,14-15,20H,10-11H2,1-4H3,(H,19,21,22). The van der Waals surface area contributed by atoms with Crippen LogP contribution in [0.4, 0.5) is 4.79 Å². The Morgan fingerprint density at radius 3 is 2.56 bits per heavy atom. The lowest BCUT2D eigenvalue weighted by Gasteiger charge is -2.41. The van der Waals surface area contributed by atoms with Crippen LogP contribution < -0.4 is 5.32 Å². The van der Waals surface area contributed by atoms with E-state index in [1.807, 2.05) is 58.0 Å². The Hall–Kier alpha value is -2.41. The molecule has 2 heterocycles. The number of aromatic amines is 1. The maximum absolute atomic E-state index is 12.1. The van der Waals surface area contributed by atoms with Gasteiger partial charge in [-0.05, 0) is 33.3 Å². The molecule has 1 aliphatic rings. The number of aryl methyl sites for hydroxylation is 1. The Kier molecular flexibility index (Phi) is 4.76. The van der Waals surface area contributed by atoms with Crippen LogP contribution in [0.2, 0.25) is 0 Å². The number of benzene rings is 1. The first-order valence-electron chi connectivity index (χ1n) is 8.49. The van der Waals surface area contributed by atoms with Crippen molar-refractivity contribution < 1.29 is 9.53 Å². The normalized spacial score (nSPS) is 16.4. The number of nitrogens with zero attached hydrogens (tertiary/aromatic N) is 3. The third kappa shape index (κ3) is 4.36. The highest BCUT2D eigenvalue weighted by Crippen LogP contribution is 2.23. The summed E-state index contributed by atoms with van der Waals surface area (Å²) in [6.45, 7) is 8.72. The molecule has 2 aromatic rings. The largest absolute Gasteiger partial charge is 0.444 e. The topological polar surface area (TPSA) is 83.1 Å². The van der Waals surface area contributed by atoms with Crippen LogP contribution >= 0.6 is 0 Å². The van der Waals surface area contributed by atoms with E-state index in [1.165, 1.54) is 0 Å². The quantitative estimate of drug-likeness (QED) is 0.891. The molecule has 1 fully saturated rings. The molecule has 0 bridgehead atoms.